The van der Waals surface area contributed by atoms with Crippen LogP contribution in [0.3, 0.4) is 0 Å². The number of carbonyl (C=O) groups is 1. The van der Waals surface area contributed by atoms with Crippen molar-refractivity contribution >= 4 is 5.91 Å². The topological polar surface area (TPSA) is 60.5 Å². The molecule has 0 unspecified atom stereocenters. The van der Waals surface area contributed by atoms with Crippen molar-refractivity contribution < 1.29 is 13.9 Å². The average Bonchev–Trinajstić information content (AvgIpc) is 3.39. The molecule has 0 saturated carbocycles. The molecule has 2 aliphatic heterocycles. The van der Waals surface area contributed by atoms with Gasteiger partial charge in [0, 0.05) is 38.0 Å². The standard InChI is InChI=1S/C24H27N3O3/c1-17(2)15-27-16-25-22-19-7-3-4-8-20(19)30-24(23(22)27)9-11-26(12-10-24)21(28)14-18-6-5-13-29-18/h3-8,13,16-17H,9-12,14-15H2,1-2H3. The lowest BCUT2D eigenvalue weighted by Gasteiger charge is -2.44. The molecule has 156 valence electrons. The van der Waals surface area contributed by atoms with Crippen LogP contribution in [0.25, 0.3) is 11.3 Å². The summed E-state index contributed by atoms with van der Waals surface area (Å²) in [6, 6.07) is 11.8. The Morgan fingerprint density at radius 3 is 2.70 bits per heavy atom. The summed E-state index contributed by atoms with van der Waals surface area (Å²) in [6.07, 6.45) is 5.37. The van der Waals surface area contributed by atoms with Crippen LogP contribution in [0.5, 0.6) is 5.75 Å². The molecular formula is C24H27N3O3. The molecule has 6 heteroatoms. The highest BCUT2D eigenvalue weighted by Gasteiger charge is 2.47. The highest BCUT2D eigenvalue weighted by atomic mass is 16.5. The van der Waals surface area contributed by atoms with Gasteiger partial charge < -0.3 is 18.6 Å². The summed E-state index contributed by atoms with van der Waals surface area (Å²) in [5, 5.41) is 0. The number of para-hydroxylation sites is 1. The number of hydrogen-bond donors (Lipinski definition) is 0. The lowest BCUT2D eigenvalue weighted by atomic mass is 9.83. The zero-order valence-corrected chi connectivity index (χ0v) is 17.5. The number of nitrogens with zero attached hydrogens (tertiary/aromatic N) is 3. The molecule has 4 heterocycles. The second-order valence-electron chi connectivity index (χ2n) is 8.72. The van der Waals surface area contributed by atoms with E-state index in [2.05, 4.69) is 24.5 Å². The van der Waals surface area contributed by atoms with Crippen LogP contribution >= 0.6 is 0 Å². The number of furan rings is 1. The van der Waals surface area contributed by atoms with Crippen LogP contribution in [-0.2, 0) is 23.4 Å². The zero-order valence-electron chi connectivity index (χ0n) is 17.5. The number of likely N-dealkylation sites (tertiary alicyclic amines) is 1. The normalized spacial score (nSPS) is 17.0. The Kier molecular flexibility index (Phi) is 4.65. The summed E-state index contributed by atoms with van der Waals surface area (Å²) >= 11 is 0. The van der Waals surface area contributed by atoms with E-state index in [1.54, 1.807) is 6.26 Å². The highest BCUT2D eigenvalue weighted by molar-refractivity contribution is 5.78. The quantitative estimate of drug-likeness (QED) is 0.651. The third-order valence-electron chi connectivity index (χ3n) is 6.11. The van der Waals surface area contributed by atoms with Gasteiger partial charge in [0.15, 0.2) is 5.60 Å². The largest absolute Gasteiger partial charge is 0.480 e. The van der Waals surface area contributed by atoms with Crippen LogP contribution in [-0.4, -0.2) is 33.4 Å². The second kappa shape index (κ2) is 7.35. The highest BCUT2D eigenvalue weighted by Crippen LogP contribution is 2.49. The monoisotopic (exact) mass is 405 g/mol. The minimum Gasteiger partial charge on any atom is -0.480 e. The van der Waals surface area contributed by atoms with Crippen molar-refractivity contribution in [3.8, 4) is 17.0 Å². The van der Waals surface area contributed by atoms with Crippen molar-refractivity contribution in [2.45, 2.75) is 45.3 Å². The third-order valence-corrected chi connectivity index (χ3v) is 6.11. The first-order valence-corrected chi connectivity index (χ1v) is 10.7. The molecule has 1 amide bonds. The van der Waals surface area contributed by atoms with Crippen LogP contribution in [0.4, 0.5) is 0 Å². The molecule has 1 spiro atoms. The zero-order chi connectivity index (χ0) is 20.7. The number of imidazole rings is 1. The van der Waals surface area contributed by atoms with Gasteiger partial charge >= 0.3 is 0 Å². The first kappa shape index (κ1) is 19.0. The molecule has 0 N–H and O–H groups in total. The number of piperidine rings is 1. The van der Waals surface area contributed by atoms with E-state index in [9.17, 15) is 4.79 Å². The molecule has 0 radical (unpaired) electrons. The molecule has 6 nitrogen and oxygen atoms in total. The smallest absolute Gasteiger partial charge is 0.230 e. The third kappa shape index (κ3) is 3.20. The summed E-state index contributed by atoms with van der Waals surface area (Å²) in [5.41, 5.74) is 2.79. The number of hydrogen-bond acceptors (Lipinski definition) is 4. The number of ether oxygens (including phenoxy) is 1. The molecule has 1 aromatic carbocycles. The SMILES string of the molecule is CC(C)Cn1cnc2c1C1(CCN(C(=O)Cc3ccco3)CC1)Oc1ccccc1-2. The van der Waals surface area contributed by atoms with Crippen molar-refractivity contribution in [2.24, 2.45) is 5.92 Å². The maximum Gasteiger partial charge on any atom is 0.230 e. The Hall–Kier alpha value is -3.02. The predicted octanol–water partition coefficient (Wildman–Crippen LogP) is 4.25. The van der Waals surface area contributed by atoms with E-state index in [4.69, 9.17) is 14.1 Å². The van der Waals surface area contributed by atoms with Crippen molar-refractivity contribution in [2.75, 3.05) is 13.1 Å². The van der Waals surface area contributed by atoms with Gasteiger partial charge in [-0.25, -0.2) is 4.98 Å². The molecule has 0 bridgehead atoms. The number of fused-ring (bicyclic) bond motifs is 4. The van der Waals surface area contributed by atoms with Gasteiger partial charge in [0.2, 0.25) is 5.91 Å². The van der Waals surface area contributed by atoms with Crippen molar-refractivity contribution in [3.05, 3.63) is 60.4 Å². The van der Waals surface area contributed by atoms with E-state index in [-0.39, 0.29) is 5.91 Å². The fourth-order valence-corrected chi connectivity index (χ4v) is 4.73. The minimum atomic E-state index is -0.448. The molecule has 1 fully saturated rings. The van der Waals surface area contributed by atoms with E-state index < -0.39 is 5.60 Å². The Labute approximate surface area is 176 Å². The van der Waals surface area contributed by atoms with E-state index in [1.807, 2.05) is 41.6 Å². The van der Waals surface area contributed by atoms with Gasteiger partial charge in [0.1, 0.15) is 11.5 Å². The molecule has 0 aliphatic carbocycles. The van der Waals surface area contributed by atoms with Gasteiger partial charge in [0.25, 0.3) is 0 Å². The fraction of sp³-hybridized carbons (Fsp3) is 0.417. The number of carbonyl (C=O) groups excluding carboxylic acids is 1. The molecule has 2 aromatic heterocycles. The van der Waals surface area contributed by atoms with Crippen LogP contribution in [0.1, 0.15) is 38.1 Å². The Bertz CT molecular complexity index is 1040. The van der Waals surface area contributed by atoms with Gasteiger partial charge in [-0.2, -0.15) is 0 Å². The lowest BCUT2D eigenvalue weighted by Crippen LogP contribution is -2.50. The number of amides is 1. The predicted molar refractivity (Wildman–Crippen MR) is 113 cm³/mol. The van der Waals surface area contributed by atoms with Crippen LogP contribution < -0.4 is 4.74 Å². The molecule has 0 atom stereocenters. The Morgan fingerprint density at radius 1 is 1.17 bits per heavy atom. The second-order valence-corrected chi connectivity index (χ2v) is 8.72. The summed E-state index contributed by atoms with van der Waals surface area (Å²) in [5.74, 6) is 2.20. The summed E-state index contributed by atoms with van der Waals surface area (Å²) in [7, 11) is 0. The first-order chi connectivity index (χ1) is 14.6. The first-order valence-electron chi connectivity index (χ1n) is 10.7. The van der Waals surface area contributed by atoms with E-state index in [1.165, 1.54) is 0 Å². The lowest BCUT2D eigenvalue weighted by molar-refractivity contribution is -0.134. The summed E-state index contributed by atoms with van der Waals surface area (Å²) < 4.78 is 14.3. The van der Waals surface area contributed by atoms with E-state index in [0.717, 1.165) is 42.1 Å². The van der Waals surface area contributed by atoms with Crippen molar-refractivity contribution in [1.82, 2.24) is 14.5 Å². The Morgan fingerprint density at radius 2 is 1.97 bits per heavy atom. The van der Waals surface area contributed by atoms with Crippen LogP contribution in [0, 0.1) is 5.92 Å². The molecular weight excluding hydrogens is 378 g/mol. The maximum atomic E-state index is 12.8. The van der Waals surface area contributed by atoms with E-state index in [0.29, 0.717) is 31.2 Å². The van der Waals surface area contributed by atoms with Crippen molar-refractivity contribution in [3.63, 3.8) is 0 Å². The van der Waals surface area contributed by atoms with Gasteiger partial charge in [-0.05, 0) is 30.2 Å². The van der Waals surface area contributed by atoms with E-state index >= 15 is 0 Å². The molecule has 2 aliphatic rings. The minimum absolute atomic E-state index is 0.104. The van der Waals surface area contributed by atoms with Gasteiger partial charge in [-0.1, -0.05) is 26.0 Å². The molecule has 5 rings (SSSR count). The van der Waals surface area contributed by atoms with Gasteiger partial charge in [-0.3, -0.25) is 4.79 Å². The number of benzene rings is 1. The number of aromatic nitrogens is 2. The molecule has 3 aromatic rings. The van der Waals surface area contributed by atoms with Gasteiger partial charge in [-0.15, -0.1) is 0 Å². The van der Waals surface area contributed by atoms with Crippen LogP contribution in [0.2, 0.25) is 0 Å². The Balaban J connectivity index is 1.44. The average molecular weight is 405 g/mol. The fourth-order valence-electron chi connectivity index (χ4n) is 4.73. The summed E-state index contributed by atoms with van der Waals surface area (Å²) in [6.45, 7) is 6.65. The molecule has 30 heavy (non-hydrogen) atoms. The number of rotatable bonds is 4. The van der Waals surface area contributed by atoms with Crippen molar-refractivity contribution in [1.29, 1.82) is 0 Å². The van der Waals surface area contributed by atoms with Gasteiger partial charge in [0.05, 0.1) is 30.4 Å². The maximum absolute atomic E-state index is 12.8. The van der Waals surface area contributed by atoms with Crippen LogP contribution in [0.15, 0.2) is 53.4 Å². The molecule has 1 saturated heterocycles. The summed E-state index contributed by atoms with van der Waals surface area (Å²) in [4.78, 5) is 19.5.